The van der Waals surface area contributed by atoms with Crippen molar-refractivity contribution in [1.82, 2.24) is 10.2 Å². The number of hydrogen-bond donors (Lipinski definition) is 2. The molecule has 0 radical (unpaired) electrons. The zero-order valence-corrected chi connectivity index (χ0v) is 8.94. The fourth-order valence-electron chi connectivity index (χ4n) is 1.37. The number of aliphatic hydroxyl groups excluding tert-OH is 1. The van der Waals surface area contributed by atoms with E-state index in [9.17, 15) is 4.79 Å². The van der Waals surface area contributed by atoms with Crippen LogP contribution < -0.4 is 5.32 Å². The molecule has 0 spiro atoms. The number of carbonyl (C=O) groups excluding carboxylic acids is 1. The van der Waals surface area contributed by atoms with Crippen molar-refractivity contribution in [2.75, 3.05) is 46.6 Å². The first-order valence-electron chi connectivity index (χ1n) is 5.01. The van der Waals surface area contributed by atoms with E-state index in [1.165, 1.54) is 7.11 Å². The van der Waals surface area contributed by atoms with E-state index >= 15 is 0 Å². The number of carbonyl (C=O) groups is 1. The molecule has 0 aromatic rings. The molecule has 0 aromatic carbocycles. The number of amides is 2. The highest BCUT2D eigenvalue weighted by Crippen LogP contribution is 1.97. The highest BCUT2D eigenvalue weighted by molar-refractivity contribution is 5.74. The fourth-order valence-corrected chi connectivity index (χ4v) is 1.37. The first-order chi connectivity index (χ1) is 7.27. The van der Waals surface area contributed by atoms with Crippen molar-refractivity contribution in [1.29, 1.82) is 0 Å². The lowest BCUT2D eigenvalue weighted by molar-refractivity contribution is 0.0498. The number of urea groups is 1. The van der Waals surface area contributed by atoms with E-state index in [4.69, 9.17) is 14.6 Å². The van der Waals surface area contributed by atoms with Crippen LogP contribution in [0.5, 0.6) is 0 Å². The Morgan fingerprint density at radius 1 is 1.60 bits per heavy atom. The molecule has 0 bridgehead atoms. The molecule has 1 unspecified atom stereocenters. The molecular weight excluding hydrogens is 200 g/mol. The van der Waals surface area contributed by atoms with Crippen LogP contribution in [0.15, 0.2) is 0 Å². The Bertz CT molecular complexity index is 195. The molecule has 15 heavy (non-hydrogen) atoms. The molecule has 2 amide bonds. The van der Waals surface area contributed by atoms with Crippen LogP contribution in [0, 0.1) is 0 Å². The number of ether oxygens (including phenoxy) is 2. The Labute approximate surface area is 89.1 Å². The summed E-state index contributed by atoms with van der Waals surface area (Å²) in [5.41, 5.74) is 0. The molecule has 6 heteroatoms. The second-order valence-corrected chi connectivity index (χ2v) is 3.38. The van der Waals surface area contributed by atoms with Gasteiger partial charge in [-0.05, 0) is 0 Å². The third-order valence-corrected chi connectivity index (χ3v) is 2.21. The molecule has 1 atom stereocenters. The Morgan fingerprint density at radius 2 is 2.27 bits per heavy atom. The van der Waals surface area contributed by atoms with E-state index in [-0.39, 0.29) is 18.7 Å². The predicted molar refractivity (Wildman–Crippen MR) is 53.7 cm³/mol. The maximum atomic E-state index is 11.6. The minimum atomic E-state index is -0.342. The van der Waals surface area contributed by atoms with Crippen LogP contribution in [-0.4, -0.2) is 68.7 Å². The fraction of sp³-hybridized carbons (Fsp3) is 0.889. The van der Waals surface area contributed by atoms with Gasteiger partial charge in [-0.15, -0.1) is 0 Å². The molecule has 1 aliphatic rings. The number of aliphatic hydroxyl groups is 1. The minimum Gasteiger partial charge on any atom is -0.394 e. The second kappa shape index (κ2) is 6.60. The predicted octanol–water partition coefficient (Wildman–Crippen LogP) is -0.964. The van der Waals surface area contributed by atoms with Crippen LogP contribution in [0.25, 0.3) is 0 Å². The van der Waals surface area contributed by atoms with E-state index in [2.05, 4.69) is 5.32 Å². The lowest BCUT2D eigenvalue weighted by Gasteiger charge is -2.28. The molecule has 88 valence electrons. The first-order valence-corrected chi connectivity index (χ1v) is 5.01. The Morgan fingerprint density at radius 3 is 2.80 bits per heavy atom. The summed E-state index contributed by atoms with van der Waals surface area (Å²) in [5.74, 6) is 0. The minimum absolute atomic E-state index is 0.121. The van der Waals surface area contributed by atoms with Gasteiger partial charge in [0, 0.05) is 20.2 Å². The summed E-state index contributed by atoms with van der Waals surface area (Å²) in [4.78, 5) is 13.3. The maximum Gasteiger partial charge on any atom is 0.317 e. The number of methoxy groups -OCH3 is 1. The summed E-state index contributed by atoms with van der Waals surface area (Å²) in [6.07, 6.45) is 0. The van der Waals surface area contributed by atoms with Gasteiger partial charge >= 0.3 is 6.03 Å². The number of rotatable bonds is 4. The molecule has 1 saturated heterocycles. The zero-order chi connectivity index (χ0) is 11.1. The molecule has 0 saturated carbocycles. The smallest absolute Gasteiger partial charge is 0.317 e. The van der Waals surface area contributed by atoms with Gasteiger partial charge in [0.2, 0.25) is 0 Å². The van der Waals surface area contributed by atoms with Gasteiger partial charge in [0.05, 0.1) is 32.5 Å². The lowest BCUT2D eigenvalue weighted by atomic mass is 10.3. The van der Waals surface area contributed by atoms with Gasteiger partial charge in [0.15, 0.2) is 0 Å². The van der Waals surface area contributed by atoms with Crippen molar-refractivity contribution < 1.29 is 19.4 Å². The highest BCUT2D eigenvalue weighted by Gasteiger charge is 2.19. The number of hydrogen-bond acceptors (Lipinski definition) is 4. The molecule has 1 heterocycles. The van der Waals surface area contributed by atoms with Crippen LogP contribution in [0.2, 0.25) is 0 Å². The summed E-state index contributed by atoms with van der Waals surface area (Å²) in [7, 11) is 1.53. The van der Waals surface area contributed by atoms with Gasteiger partial charge in [-0.3, -0.25) is 0 Å². The highest BCUT2D eigenvalue weighted by atomic mass is 16.5. The van der Waals surface area contributed by atoms with Crippen molar-refractivity contribution in [2.45, 2.75) is 6.04 Å². The first kappa shape index (κ1) is 12.2. The van der Waals surface area contributed by atoms with E-state index < -0.39 is 0 Å². The van der Waals surface area contributed by atoms with Gasteiger partial charge in [0.25, 0.3) is 0 Å². The van der Waals surface area contributed by atoms with Gasteiger partial charge in [-0.2, -0.15) is 0 Å². The van der Waals surface area contributed by atoms with Crippen molar-refractivity contribution in [3.63, 3.8) is 0 Å². The monoisotopic (exact) mass is 218 g/mol. The maximum absolute atomic E-state index is 11.6. The van der Waals surface area contributed by atoms with Crippen molar-refractivity contribution in [3.05, 3.63) is 0 Å². The molecule has 0 aromatic heterocycles. The number of nitrogens with one attached hydrogen (secondary N) is 1. The van der Waals surface area contributed by atoms with Gasteiger partial charge < -0.3 is 24.8 Å². The Kier molecular flexibility index (Phi) is 5.38. The zero-order valence-electron chi connectivity index (χ0n) is 8.94. The van der Waals surface area contributed by atoms with E-state index in [1.807, 2.05) is 0 Å². The summed E-state index contributed by atoms with van der Waals surface area (Å²) < 4.78 is 10.00. The van der Waals surface area contributed by atoms with E-state index in [0.29, 0.717) is 32.9 Å². The summed E-state index contributed by atoms with van der Waals surface area (Å²) >= 11 is 0. The van der Waals surface area contributed by atoms with Crippen molar-refractivity contribution in [2.24, 2.45) is 0 Å². The van der Waals surface area contributed by atoms with Crippen LogP contribution in [-0.2, 0) is 9.47 Å². The molecule has 1 aliphatic heterocycles. The van der Waals surface area contributed by atoms with Crippen LogP contribution in [0.3, 0.4) is 0 Å². The average molecular weight is 218 g/mol. The Hall–Kier alpha value is -0.850. The van der Waals surface area contributed by atoms with Crippen LogP contribution in [0.1, 0.15) is 0 Å². The summed E-state index contributed by atoms with van der Waals surface area (Å²) in [5, 5.41) is 11.7. The van der Waals surface area contributed by atoms with Gasteiger partial charge in [0.1, 0.15) is 0 Å². The van der Waals surface area contributed by atoms with E-state index in [0.717, 1.165) is 0 Å². The molecular formula is C9H18N2O4. The normalized spacial score (nSPS) is 18.7. The van der Waals surface area contributed by atoms with Crippen LogP contribution in [0.4, 0.5) is 4.79 Å². The third kappa shape index (κ3) is 4.03. The molecule has 2 N–H and O–H groups in total. The van der Waals surface area contributed by atoms with Crippen LogP contribution >= 0.6 is 0 Å². The molecule has 1 rings (SSSR count). The second-order valence-electron chi connectivity index (χ2n) is 3.38. The number of morpholine rings is 1. The summed E-state index contributed by atoms with van der Waals surface area (Å²) in [6.45, 7) is 2.52. The van der Waals surface area contributed by atoms with Gasteiger partial charge in [-0.25, -0.2) is 4.79 Å². The van der Waals surface area contributed by atoms with E-state index in [1.54, 1.807) is 4.90 Å². The standard InChI is InChI=1S/C9H18N2O4/c1-14-7-8(6-12)10-9(13)11-2-4-15-5-3-11/h8,12H,2-7H2,1H3,(H,10,13). The summed E-state index contributed by atoms with van der Waals surface area (Å²) in [6, 6.07) is -0.514. The van der Waals surface area contributed by atoms with Gasteiger partial charge in [-0.1, -0.05) is 0 Å². The average Bonchev–Trinajstić information content (AvgIpc) is 2.29. The topological polar surface area (TPSA) is 71.0 Å². The molecule has 1 fully saturated rings. The Balaban J connectivity index is 2.31. The molecule has 0 aliphatic carbocycles. The van der Waals surface area contributed by atoms with Crippen molar-refractivity contribution in [3.8, 4) is 0 Å². The largest absolute Gasteiger partial charge is 0.394 e. The number of nitrogens with zero attached hydrogens (tertiary/aromatic N) is 1. The SMILES string of the molecule is COCC(CO)NC(=O)N1CCOCC1. The third-order valence-electron chi connectivity index (χ3n) is 2.21. The van der Waals surface area contributed by atoms with Crippen molar-refractivity contribution >= 4 is 6.03 Å². The quantitative estimate of drug-likeness (QED) is 0.637. The molecule has 6 nitrogen and oxygen atoms in total. The lowest BCUT2D eigenvalue weighted by Crippen LogP contribution is -2.51.